The van der Waals surface area contributed by atoms with Crippen LogP contribution in [0.3, 0.4) is 0 Å². The molecule has 3 heterocycles. The Morgan fingerprint density at radius 1 is 1.17 bits per heavy atom. The maximum absolute atomic E-state index is 13.0. The number of aromatic nitrogens is 2. The van der Waals surface area contributed by atoms with Crippen molar-refractivity contribution in [1.29, 1.82) is 0 Å². The SMILES string of the molecule is CCOC(=O)C1(Cc2cc(-c3ccccc3)no2)CCN(Cc2cccnc2)CC1. The first-order valence-electron chi connectivity index (χ1n) is 10.5. The Labute approximate surface area is 176 Å². The largest absolute Gasteiger partial charge is 0.466 e. The molecule has 6 nitrogen and oxygen atoms in total. The van der Waals surface area contributed by atoms with E-state index in [-0.39, 0.29) is 5.97 Å². The maximum Gasteiger partial charge on any atom is 0.312 e. The first-order valence-corrected chi connectivity index (χ1v) is 10.5. The van der Waals surface area contributed by atoms with Crippen LogP contribution >= 0.6 is 0 Å². The molecular weight excluding hydrogens is 378 g/mol. The van der Waals surface area contributed by atoms with Crippen molar-refractivity contribution in [2.24, 2.45) is 5.41 Å². The molecule has 1 aliphatic heterocycles. The summed E-state index contributed by atoms with van der Waals surface area (Å²) in [5.74, 6) is 0.589. The summed E-state index contributed by atoms with van der Waals surface area (Å²) in [5.41, 5.74) is 2.40. The molecule has 6 heteroatoms. The summed E-state index contributed by atoms with van der Waals surface area (Å²) in [6, 6.07) is 15.9. The van der Waals surface area contributed by atoms with Crippen molar-refractivity contribution in [3.05, 3.63) is 72.2 Å². The van der Waals surface area contributed by atoms with Gasteiger partial charge in [-0.3, -0.25) is 14.7 Å². The molecule has 1 aromatic carbocycles. The highest BCUT2D eigenvalue weighted by Gasteiger charge is 2.43. The lowest BCUT2D eigenvalue weighted by Crippen LogP contribution is -2.46. The minimum absolute atomic E-state index is 0.135. The van der Waals surface area contributed by atoms with Gasteiger partial charge in [-0.15, -0.1) is 0 Å². The fourth-order valence-corrected chi connectivity index (χ4v) is 4.10. The third-order valence-corrected chi connectivity index (χ3v) is 5.79. The van der Waals surface area contributed by atoms with Crippen LogP contribution in [-0.4, -0.2) is 40.7 Å². The normalized spacial score (nSPS) is 16.3. The van der Waals surface area contributed by atoms with Gasteiger partial charge < -0.3 is 9.26 Å². The van der Waals surface area contributed by atoms with Crippen LogP contribution in [0.4, 0.5) is 0 Å². The molecule has 30 heavy (non-hydrogen) atoms. The van der Waals surface area contributed by atoms with Crippen LogP contribution in [0.25, 0.3) is 11.3 Å². The van der Waals surface area contributed by atoms with Crippen LogP contribution in [0.1, 0.15) is 31.1 Å². The molecule has 3 aromatic rings. The molecule has 0 bridgehead atoms. The zero-order chi connectivity index (χ0) is 20.8. The average Bonchev–Trinajstić information content (AvgIpc) is 3.25. The minimum Gasteiger partial charge on any atom is -0.466 e. The Morgan fingerprint density at radius 3 is 2.67 bits per heavy atom. The van der Waals surface area contributed by atoms with E-state index < -0.39 is 5.41 Å². The quantitative estimate of drug-likeness (QED) is 0.551. The van der Waals surface area contributed by atoms with Crippen molar-refractivity contribution < 1.29 is 14.1 Å². The highest BCUT2D eigenvalue weighted by molar-refractivity contribution is 5.77. The second-order valence-electron chi connectivity index (χ2n) is 7.86. The van der Waals surface area contributed by atoms with Gasteiger partial charge >= 0.3 is 5.97 Å². The van der Waals surface area contributed by atoms with Gasteiger partial charge in [0.1, 0.15) is 11.5 Å². The van der Waals surface area contributed by atoms with E-state index in [9.17, 15) is 4.79 Å². The third kappa shape index (κ3) is 4.60. The number of hydrogen-bond donors (Lipinski definition) is 0. The number of pyridine rings is 1. The van der Waals surface area contributed by atoms with Crippen LogP contribution in [0.5, 0.6) is 0 Å². The van der Waals surface area contributed by atoms with Crippen LogP contribution in [-0.2, 0) is 22.5 Å². The number of hydrogen-bond acceptors (Lipinski definition) is 6. The first-order chi connectivity index (χ1) is 14.7. The molecule has 1 aliphatic rings. The standard InChI is InChI=1S/C24H27N3O3/c1-2-29-23(28)24(10-13-27(14-11-24)18-19-7-6-12-25-17-19)16-21-15-22(26-30-21)20-8-4-3-5-9-20/h3-9,12,15,17H,2,10-11,13-14,16,18H2,1H3. The number of ether oxygens (including phenoxy) is 1. The van der Waals surface area contributed by atoms with Crippen molar-refractivity contribution >= 4 is 5.97 Å². The molecule has 0 amide bonds. The topological polar surface area (TPSA) is 68.5 Å². The minimum atomic E-state index is -0.574. The van der Waals surface area contributed by atoms with Gasteiger partial charge in [-0.2, -0.15) is 0 Å². The van der Waals surface area contributed by atoms with Crippen molar-refractivity contribution in [1.82, 2.24) is 15.0 Å². The molecule has 2 aromatic heterocycles. The lowest BCUT2D eigenvalue weighted by Gasteiger charge is -2.39. The van der Waals surface area contributed by atoms with Crippen molar-refractivity contribution in [2.45, 2.75) is 32.7 Å². The van der Waals surface area contributed by atoms with Crippen LogP contribution < -0.4 is 0 Å². The number of piperidine rings is 1. The van der Waals surface area contributed by atoms with Gasteiger partial charge in [-0.25, -0.2) is 0 Å². The maximum atomic E-state index is 13.0. The molecule has 1 saturated heterocycles. The summed E-state index contributed by atoms with van der Waals surface area (Å²) in [5, 5.41) is 4.21. The van der Waals surface area contributed by atoms with Crippen LogP contribution in [0, 0.1) is 5.41 Å². The lowest BCUT2D eigenvalue weighted by atomic mass is 9.75. The van der Waals surface area contributed by atoms with Crippen molar-refractivity contribution in [3.8, 4) is 11.3 Å². The van der Waals surface area contributed by atoms with Crippen LogP contribution in [0.15, 0.2) is 65.4 Å². The Bertz CT molecular complexity index is 948. The number of carbonyl (C=O) groups is 1. The number of carbonyl (C=O) groups excluding carboxylic acids is 1. The van der Waals surface area contributed by atoms with E-state index in [1.165, 1.54) is 5.56 Å². The Morgan fingerprint density at radius 2 is 1.97 bits per heavy atom. The second-order valence-corrected chi connectivity index (χ2v) is 7.86. The summed E-state index contributed by atoms with van der Waals surface area (Å²) in [4.78, 5) is 19.5. The monoisotopic (exact) mass is 405 g/mol. The summed E-state index contributed by atoms with van der Waals surface area (Å²) in [6.45, 7) is 4.73. The molecule has 0 unspecified atom stereocenters. The van der Waals surface area contributed by atoms with Gasteiger partial charge in [0, 0.05) is 37.0 Å². The molecule has 0 saturated carbocycles. The van der Waals surface area contributed by atoms with Gasteiger partial charge in [0.05, 0.1) is 12.0 Å². The highest BCUT2D eigenvalue weighted by atomic mass is 16.5. The van der Waals surface area contributed by atoms with E-state index in [0.29, 0.717) is 13.0 Å². The average molecular weight is 405 g/mol. The molecule has 0 spiro atoms. The van der Waals surface area contributed by atoms with E-state index in [4.69, 9.17) is 9.26 Å². The molecule has 0 radical (unpaired) electrons. The summed E-state index contributed by atoms with van der Waals surface area (Å²) in [6.07, 6.45) is 5.65. The van der Waals surface area contributed by atoms with E-state index in [0.717, 1.165) is 49.5 Å². The smallest absolute Gasteiger partial charge is 0.312 e. The zero-order valence-corrected chi connectivity index (χ0v) is 17.3. The molecule has 0 atom stereocenters. The molecule has 0 aliphatic carbocycles. The number of nitrogens with zero attached hydrogens (tertiary/aromatic N) is 3. The van der Waals surface area contributed by atoms with Gasteiger partial charge in [-0.05, 0) is 44.5 Å². The third-order valence-electron chi connectivity index (χ3n) is 5.79. The van der Waals surface area contributed by atoms with Crippen molar-refractivity contribution in [2.75, 3.05) is 19.7 Å². The van der Waals surface area contributed by atoms with Gasteiger partial charge in [0.15, 0.2) is 0 Å². The number of esters is 1. The molecule has 4 rings (SSSR count). The van der Waals surface area contributed by atoms with Crippen LogP contribution in [0.2, 0.25) is 0 Å². The fraction of sp³-hybridized carbons (Fsp3) is 0.375. The van der Waals surface area contributed by atoms with E-state index >= 15 is 0 Å². The number of benzene rings is 1. The van der Waals surface area contributed by atoms with Crippen molar-refractivity contribution in [3.63, 3.8) is 0 Å². The fourth-order valence-electron chi connectivity index (χ4n) is 4.10. The van der Waals surface area contributed by atoms with E-state index in [2.05, 4.69) is 21.1 Å². The molecule has 0 N–H and O–H groups in total. The summed E-state index contributed by atoms with van der Waals surface area (Å²) >= 11 is 0. The molecule has 156 valence electrons. The number of likely N-dealkylation sites (tertiary alicyclic amines) is 1. The molecule has 1 fully saturated rings. The van der Waals surface area contributed by atoms with Gasteiger partial charge in [-0.1, -0.05) is 41.6 Å². The van der Waals surface area contributed by atoms with Gasteiger partial charge in [0.25, 0.3) is 0 Å². The zero-order valence-electron chi connectivity index (χ0n) is 17.3. The Kier molecular flexibility index (Phi) is 6.23. The Balaban J connectivity index is 1.47. The highest BCUT2D eigenvalue weighted by Crippen LogP contribution is 2.38. The summed E-state index contributed by atoms with van der Waals surface area (Å²) < 4.78 is 11.1. The van der Waals surface area contributed by atoms with E-state index in [1.807, 2.05) is 55.6 Å². The second kappa shape index (κ2) is 9.22. The lowest BCUT2D eigenvalue weighted by molar-refractivity contribution is -0.159. The summed E-state index contributed by atoms with van der Waals surface area (Å²) in [7, 11) is 0. The molecular formula is C24H27N3O3. The predicted octanol–water partition coefficient (Wildman–Crippen LogP) is 4.12. The van der Waals surface area contributed by atoms with Gasteiger partial charge in [0.2, 0.25) is 0 Å². The number of rotatable bonds is 7. The Hall–Kier alpha value is -2.99. The predicted molar refractivity (Wildman–Crippen MR) is 113 cm³/mol. The van der Waals surface area contributed by atoms with E-state index in [1.54, 1.807) is 6.20 Å². The first kappa shape index (κ1) is 20.3.